The van der Waals surface area contributed by atoms with Crippen molar-refractivity contribution in [1.82, 2.24) is 0 Å². The van der Waals surface area contributed by atoms with Gasteiger partial charge in [0.05, 0.1) is 19.8 Å². The van der Waals surface area contributed by atoms with Crippen LogP contribution in [0.2, 0.25) is 0 Å². The van der Waals surface area contributed by atoms with Gasteiger partial charge in [-0.2, -0.15) is 0 Å². The first-order valence-electron chi connectivity index (χ1n) is 8.98. The Labute approximate surface area is 163 Å². The normalized spacial score (nSPS) is 13.7. The predicted molar refractivity (Wildman–Crippen MR) is 108 cm³/mol. The van der Waals surface area contributed by atoms with Gasteiger partial charge in [0, 0.05) is 11.0 Å². The van der Waals surface area contributed by atoms with Gasteiger partial charge in [0.2, 0.25) is 5.91 Å². The number of rotatable bonds is 5. The van der Waals surface area contributed by atoms with E-state index in [1.165, 1.54) is 29.4 Å². The third-order valence-electron chi connectivity index (χ3n) is 4.59. The second-order valence-corrected chi connectivity index (χ2v) is 7.46. The van der Waals surface area contributed by atoms with Crippen molar-refractivity contribution in [3.63, 3.8) is 0 Å². The SMILES string of the molecule is COC(=O)c1c(NC(=O)/C=C/c2ccc(OC)cc2)sc2c1CCCCC2. The number of methoxy groups -OCH3 is 2. The smallest absolute Gasteiger partial charge is 0.341 e. The Morgan fingerprint density at radius 1 is 1.07 bits per heavy atom. The molecule has 1 heterocycles. The van der Waals surface area contributed by atoms with Crippen molar-refractivity contribution in [2.24, 2.45) is 0 Å². The Bertz CT molecular complexity index is 852. The van der Waals surface area contributed by atoms with Gasteiger partial charge >= 0.3 is 5.97 Å². The Morgan fingerprint density at radius 3 is 2.52 bits per heavy atom. The van der Waals surface area contributed by atoms with Crippen LogP contribution in [0.3, 0.4) is 0 Å². The number of hydrogen-bond acceptors (Lipinski definition) is 5. The van der Waals surface area contributed by atoms with E-state index in [2.05, 4.69) is 5.32 Å². The van der Waals surface area contributed by atoms with Gasteiger partial charge in [-0.3, -0.25) is 4.79 Å². The van der Waals surface area contributed by atoms with Crippen LogP contribution in [0.15, 0.2) is 30.3 Å². The van der Waals surface area contributed by atoms with E-state index in [-0.39, 0.29) is 11.9 Å². The molecule has 1 aromatic heterocycles. The highest BCUT2D eigenvalue weighted by atomic mass is 32.1. The molecule has 0 spiro atoms. The summed E-state index contributed by atoms with van der Waals surface area (Å²) in [5, 5.41) is 3.45. The monoisotopic (exact) mass is 385 g/mol. The summed E-state index contributed by atoms with van der Waals surface area (Å²) >= 11 is 1.49. The lowest BCUT2D eigenvalue weighted by Crippen LogP contribution is -2.12. The summed E-state index contributed by atoms with van der Waals surface area (Å²) in [7, 11) is 2.98. The van der Waals surface area contributed by atoms with E-state index in [0.29, 0.717) is 10.6 Å². The zero-order chi connectivity index (χ0) is 19.2. The standard InChI is InChI=1S/C21H23NO4S/c1-25-15-11-8-14(9-12-15)10-13-18(23)22-20-19(21(24)26-2)16-6-4-3-5-7-17(16)27-20/h8-13H,3-7H2,1-2H3,(H,22,23)/b13-10+. The number of anilines is 1. The van der Waals surface area contributed by atoms with Crippen LogP contribution in [0.5, 0.6) is 5.75 Å². The number of esters is 1. The van der Waals surface area contributed by atoms with E-state index in [0.717, 1.165) is 49.0 Å². The maximum atomic E-state index is 12.4. The Morgan fingerprint density at radius 2 is 1.81 bits per heavy atom. The molecule has 27 heavy (non-hydrogen) atoms. The average Bonchev–Trinajstić information content (AvgIpc) is 2.86. The summed E-state index contributed by atoms with van der Waals surface area (Å²) in [5.74, 6) is 0.107. The molecule has 0 fully saturated rings. The van der Waals surface area contributed by atoms with Gasteiger partial charge in [-0.15, -0.1) is 11.3 Å². The van der Waals surface area contributed by atoms with E-state index in [9.17, 15) is 9.59 Å². The van der Waals surface area contributed by atoms with E-state index in [1.54, 1.807) is 13.2 Å². The van der Waals surface area contributed by atoms with E-state index in [1.807, 2.05) is 24.3 Å². The molecule has 1 amide bonds. The number of hydrogen-bond donors (Lipinski definition) is 1. The summed E-state index contributed by atoms with van der Waals surface area (Å²) in [5.41, 5.74) is 2.45. The van der Waals surface area contributed by atoms with Gasteiger partial charge in [0.1, 0.15) is 10.8 Å². The zero-order valence-electron chi connectivity index (χ0n) is 15.5. The van der Waals surface area contributed by atoms with Crippen LogP contribution in [0, 0.1) is 0 Å². The van der Waals surface area contributed by atoms with E-state index < -0.39 is 0 Å². The molecule has 0 saturated carbocycles. The summed E-state index contributed by atoms with van der Waals surface area (Å²) in [6.07, 6.45) is 8.32. The topological polar surface area (TPSA) is 64.6 Å². The van der Waals surface area contributed by atoms with Gasteiger partial charge in [-0.25, -0.2) is 4.79 Å². The molecule has 3 rings (SSSR count). The molecule has 142 valence electrons. The molecule has 1 aromatic carbocycles. The fourth-order valence-corrected chi connectivity index (χ4v) is 4.47. The van der Waals surface area contributed by atoms with Gasteiger partial charge in [-0.1, -0.05) is 18.6 Å². The molecule has 1 aliphatic rings. The number of nitrogens with one attached hydrogen (secondary N) is 1. The first-order valence-corrected chi connectivity index (χ1v) is 9.80. The highest BCUT2D eigenvalue weighted by Gasteiger charge is 2.25. The van der Waals surface area contributed by atoms with Crippen molar-refractivity contribution in [2.75, 3.05) is 19.5 Å². The molecule has 2 aromatic rings. The third-order valence-corrected chi connectivity index (χ3v) is 5.80. The van der Waals surface area contributed by atoms with Gasteiger partial charge in [0.15, 0.2) is 0 Å². The quantitative estimate of drug-likeness (QED) is 0.469. The fourth-order valence-electron chi connectivity index (χ4n) is 3.19. The lowest BCUT2D eigenvalue weighted by Gasteiger charge is -2.06. The summed E-state index contributed by atoms with van der Waals surface area (Å²) in [6.45, 7) is 0. The predicted octanol–water partition coefficient (Wildman–Crippen LogP) is 4.46. The molecule has 0 bridgehead atoms. The maximum absolute atomic E-state index is 12.4. The number of carbonyl (C=O) groups excluding carboxylic acids is 2. The van der Waals surface area contributed by atoms with Crippen LogP contribution in [0.1, 0.15) is 45.6 Å². The van der Waals surface area contributed by atoms with E-state index >= 15 is 0 Å². The second-order valence-electron chi connectivity index (χ2n) is 6.36. The molecule has 0 saturated heterocycles. The molecular formula is C21H23NO4S. The number of fused-ring (bicyclic) bond motifs is 1. The minimum absolute atomic E-state index is 0.271. The molecule has 1 N–H and O–H groups in total. The number of thiophene rings is 1. The molecular weight excluding hydrogens is 362 g/mol. The number of benzene rings is 1. The summed E-state index contributed by atoms with van der Waals surface area (Å²) < 4.78 is 10.1. The number of amides is 1. The van der Waals surface area contributed by atoms with Crippen molar-refractivity contribution < 1.29 is 19.1 Å². The molecule has 1 aliphatic carbocycles. The largest absolute Gasteiger partial charge is 0.497 e. The van der Waals surface area contributed by atoms with Crippen LogP contribution in [0.25, 0.3) is 6.08 Å². The lowest BCUT2D eigenvalue weighted by molar-refractivity contribution is -0.111. The summed E-state index contributed by atoms with van der Waals surface area (Å²) in [6, 6.07) is 7.41. The van der Waals surface area contributed by atoms with Gasteiger partial charge < -0.3 is 14.8 Å². The first-order chi connectivity index (χ1) is 13.1. The van der Waals surface area contributed by atoms with Crippen LogP contribution < -0.4 is 10.1 Å². The van der Waals surface area contributed by atoms with Crippen LogP contribution in [-0.4, -0.2) is 26.1 Å². The first kappa shape index (κ1) is 19.2. The lowest BCUT2D eigenvalue weighted by atomic mass is 10.1. The van der Waals surface area contributed by atoms with Gasteiger partial charge in [0.25, 0.3) is 0 Å². The summed E-state index contributed by atoms with van der Waals surface area (Å²) in [4.78, 5) is 25.9. The number of carbonyl (C=O) groups is 2. The molecule has 6 heteroatoms. The number of aryl methyl sites for hydroxylation is 1. The molecule has 0 unspecified atom stereocenters. The van der Waals surface area contributed by atoms with Crippen LogP contribution >= 0.6 is 11.3 Å². The zero-order valence-corrected chi connectivity index (χ0v) is 16.4. The Hall–Kier alpha value is -2.60. The third kappa shape index (κ3) is 4.57. The number of ether oxygens (including phenoxy) is 2. The van der Waals surface area contributed by atoms with Crippen molar-refractivity contribution in [2.45, 2.75) is 32.1 Å². The average molecular weight is 385 g/mol. The minimum Gasteiger partial charge on any atom is -0.497 e. The second kappa shape index (κ2) is 8.86. The van der Waals surface area contributed by atoms with Crippen LogP contribution in [0.4, 0.5) is 5.00 Å². The van der Waals surface area contributed by atoms with Gasteiger partial charge in [-0.05, 0) is 55.0 Å². The van der Waals surface area contributed by atoms with E-state index in [4.69, 9.17) is 9.47 Å². The maximum Gasteiger partial charge on any atom is 0.341 e. The van der Waals surface area contributed by atoms with Crippen LogP contribution in [-0.2, 0) is 22.4 Å². The minimum atomic E-state index is -0.385. The Balaban J connectivity index is 1.78. The fraction of sp³-hybridized carbons (Fsp3) is 0.333. The van der Waals surface area contributed by atoms with Crippen molar-refractivity contribution in [3.8, 4) is 5.75 Å². The molecule has 0 aliphatic heterocycles. The highest BCUT2D eigenvalue weighted by molar-refractivity contribution is 7.17. The van der Waals surface area contributed by atoms with Crippen molar-refractivity contribution in [3.05, 3.63) is 51.9 Å². The molecule has 0 radical (unpaired) electrons. The Kier molecular flexibility index (Phi) is 6.29. The molecule has 0 atom stereocenters. The van der Waals surface area contributed by atoms with Crippen molar-refractivity contribution in [1.29, 1.82) is 0 Å². The van der Waals surface area contributed by atoms with Crippen molar-refractivity contribution >= 4 is 34.3 Å². The highest BCUT2D eigenvalue weighted by Crippen LogP contribution is 2.37. The molecule has 5 nitrogen and oxygen atoms in total.